The van der Waals surface area contributed by atoms with E-state index in [4.69, 9.17) is 4.42 Å². The molecule has 5 nitrogen and oxygen atoms in total. The number of nitrogens with one attached hydrogen (secondary N) is 1. The third kappa shape index (κ3) is 3.60. The maximum Gasteiger partial charge on any atom is 0.251 e. The molecule has 1 amide bonds. The normalized spacial score (nSPS) is 10.5. The molecule has 0 spiro atoms. The van der Waals surface area contributed by atoms with E-state index in [1.165, 1.54) is 24.3 Å². The summed E-state index contributed by atoms with van der Waals surface area (Å²) in [5.41, 5.74) is 2.28. The molecule has 2 aromatic carbocycles. The number of amides is 1. The van der Waals surface area contributed by atoms with E-state index in [-0.39, 0.29) is 18.3 Å². The topological polar surface area (TPSA) is 68.0 Å². The van der Waals surface area contributed by atoms with Crippen molar-refractivity contribution in [2.75, 3.05) is 0 Å². The standard InChI is InChI=1S/C17H14FN3O2/c1-11-3-2-4-13(9-11)17-21-20-15(23-17)10-19-16(22)12-5-7-14(18)8-6-12/h2-9H,10H2,1H3,(H,19,22). The fraction of sp³-hybridized carbons (Fsp3) is 0.118. The lowest BCUT2D eigenvalue weighted by molar-refractivity contribution is 0.0947. The molecule has 6 heteroatoms. The summed E-state index contributed by atoms with van der Waals surface area (Å²) in [6.07, 6.45) is 0. The highest BCUT2D eigenvalue weighted by molar-refractivity contribution is 5.94. The van der Waals surface area contributed by atoms with E-state index in [0.717, 1.165) is 11.1 Å². The molecular formula is C17H14FN3O2. The highest BCUT2D eigenvalue weighted by Crippen LogP contribution is 2.18. The summed E-state index contributed by atoms with van der Waals surface area (Å²) in [4.78, 5) is 11.9. The van der Waals surface area contributed by atoms with E-state index in [1.807, 2.05) is 31.2 Å². The third-order valence-electron chi connectivity index (χ3n) is 3.24. The second-order valence-corrected chi connectivity index (χ2v) is 5.06. The van der Waals surface area contributed by atoms with Crippen LogP contribution in [-0.2, 0) is 6.54 Å². The van der Waals surface area contributed by atoms with Crippen molar-refractivity contribution in [3.05, 3.63) is 71.4 Å². The van der Waals surface area contributed by atoms with Gasteiger partial charge in [0.25, 0.3) is 5.91 Å². The lowest BCUT2D eigenvalue weighted by atomic mass is 10.1. The number of nitrogens with zero attached hydrogens (tertiary/aromatic N) is 2. The number of aryl methyl sites for hydroxylation is 1. The first-order chi connectivity index (χ1) is 11.1. The molecule has 0 aliphatic carbocycles. The number of hydrogen-bond acceptors (Lipinski definition) is 4. The monoisotopic (exact) mass is 311 g/mol. The Kier molecular flexibility index (Phi) is 4.14. The van der Waals surface area contributed by atoms with Gasteiger partial charge < -0.3 is 9.73 Å². The highest BCUT2D eigenvalue weighted by Gasteiger charge is 2.11. The second kappa shape index (κ2) is 6.39. The maximum absolute atomic E-state index is 12.8. The molecule has 1 heterocycles. The van der Waals surface area contributed by atoms with Crippen molar-refractivity contribution >= 4 is 5.91 Å². The van der Waals surface area contributed by atoms with Crippen LogP contribution in [-0.4, -0.2) is 16.1 Å². The van der Waals surface area contributed by atoms with Crippen LogP contribution in [0.15, 0.2) is 52.9 Å². The van der Waals surface area contributed by atoms with Crippen LogP contribution in [0.4, 0.5) is 4.39 Å². The van der Waals surface area contributed by atoms with Gasteiger partial charge in [-0.2, -0.15) is 0 Å². The van der Waals surface area contributed by atoms with Crippen LogP contribution >= 0.6 is 0 Å². The molecule has 0 unspecified atom stereocenters. The summed E-state index contributed by atoms with van der Waals surface area (Å²) in [5, 5.41) is 10.5. The number of rotatable bonds is 4. The average molecular weight is 311 g/mol. The largest absolute Gasteiger partial charge is 0.419 e. The summed E-state index contributed by atoms with van der Waals surface area (Å²) in [7, 11) is 0. The van der Waals surface area contributed by atoms with E-state index in [9.17, 15) is 9.18 Å². The van der Waals surface area contributed by atoms with Crippen LogP contribution in [0.3, 0.4) is 0 Å². The first-order valence-electron chi connectivity index (χ1n) is 7.05. The number of carbonyl (C=O) groups excluding carboxylic acids is 1. The molecule has 0 saturated heterocycles. The molecule has 1 aromatic heterocycles. The van der Waals surface area contributed by atoms with E-state index >= 15 is 0 Å². The summed E-state index contributed by atoms with van der Waals surface area (Å²) >= 11 is 0. The van der Waals surface area contributed by atoms with Crippen LogP contribution in [0.25, 0.3) is 11.5 Å². The Bertz CT molecular complexity index is 828. The van der Waals surface area contributed by atoms with Gasteiger partial charge in [0.1, 0.15) is 5.82 Å². The predicted octanol–water partition coefficient (Wildman–Crippen LogP) is 3.11. The van der Waals surface area contributed by atoms with Gasteiger partial charge in [-0.05, 0) is 43.3 Å². The second-order valence-electron chi connectivity index (χ2n) is 5.06. The molecule has 3 aromatic rings. The number of benzene rings is 2. The van der Waals surface area contributed by atoms with Gasteiger partial charge in [0.05, 0.1) is 6.54 Å². The van der Waals surface area contributed by atoms with Crippen molar-refractivity contribution < 1.29 is 13.6 Å². The van der Waals surface area contributed by atoms with Gasteiger partial charge in [-0.3, -0.25) is 4.79 Å². The molecule has 0 saturated carbocycles. The maximum atomic E-state index is 12.8. The molecule has 0 bridgehead atoms. The van der Waals surface area contributed by atoms with Crippen molar-refractivity contribution in [2.24, 2.45) is 0 Å². The molecule has 1 N–H and O–H groups in total. The van der Waals surface area contributed by atoms with E-state index in [1.54, 1.807) is 0 Å². The van der Waals surface area contributed by atoms with Gasteiger partial charge in [-0.25, -0.2) is 4.39 Å². The Morgan fingerprint density at radius 3 is 2.70 bits per heavy atom. The van der Waals surface area contributed by atoms with Crippen LogP contribution in [0.5, 0.6) is 0 Å². The predicted molar refractivity (Wildman–Crippen MR) is 82.0 cm³/mol. The Hall–Kier alpha value is -3.02. The van der Waals surface area contributed by atoms with Gasteiger partial charge in [0, 0.05) is 11.1 Å². The molecule has 0 aliphatic rings. The Balaban J connectivity index is 1.65. The minimum atomic E-state index is -0.388. The van der Waals surface area contributed by atoms with Crippen LogP contribution in [0.2, 0.25) is 0 Å². The smallest absolute Gasteiger partial charge is 0.251 e. The fourth-order valence-electron chi connectivity index (χ4n) is 2.08. The molecule has 3 rings (SSSR count). The zero-order chi connectivity index (χ0) is 16.2. The van der Waals surface area contributed by atoms with E-state index < -0.39 is 0 Å². The lowest BCUT2D eigenvalue weighted by Crippen LogP contribution is -2.22. The van der Waals surface area contributed by atoms with Gasteiger partial charge in [-0.1, -0.05) is 17.7 Å². The summed E-state index contributed by atoms with van der Waals surface area (Å²) in [5.74, 6) is -0.0155. The first kappa shape index (κ1) is 14.9. The fourth-order valence-corrected chi connectivity index (χ4v) is 2.08. The summed E-state index contributed by atoms with van der Waals surface area (Å²) < 4.78 is 18.4. The number of hydrogen-bond donors (Lipinski definition) is 1. The van der Waals surface area contributed by atoms with Gasteiger partial charge in [0.2, 0.25) is 11.8 Å². The minimum absolute atomic E-state index is 0.106. The van der Waals surface area contributed by atoms with Crippen LogP contribution < -0.4 is 5.32 Å². The van der Waals surface area contributed by atoms with Crippen molar-refractivity contribution in [1.29, 1.82) is 0 Å². The molecular weight excluding hydrogens is 297 g/mol. The van der Waals surface area contributed by atoms with Gasteiger partial charge in [0.15, 0.2) is 0 Å². The van der Waals surface area contributed by atoms with E-state index in [0.29, 0.717) is 17.3 Å². The minimum Gasteiger partial charge on any atom is -0.419 e. The SMILES string of the molecule is Cc1cccc(-c2nnc(CNC(=O)c3ccc(F)cc3)o2)c1. The molecule has 0 aliphatic heterocycles. The molecule has 116 valence electrons. The molecule has 0 fully saturated rings. The number of aromatic nitrogens is 2. The number of carbonyl (C=O) groups is 1. The van der Waals surface area contributed by atoms with Crippen molar-refractivity contribution in [1.82, 2.24) is 15.5 Å². The first-order valence-corrected chi connectivity index (χ1v) is 7.05. The van der Waals surface area contributed by atoms with Crippen LogP contribution in [0, 0.1) is 12.7 Å². The average Bonchev–Trinajstić information content (AvgIpc) is 3.02. The van der Waals surface area contributed by atoms with Gasteiger partial charge in [-0.15, -0.1) is 10.2 Å². The molecule has 0 radical (unpaired) electrons. The summed E-state index contributed by atoms with van der Waals surface area (Å²) in [6.45, 7) is 2.08. The van der Waals surface area contributed by atoms with Crippen molar-refractivity contribution in [3.8, 4) is 11.5 Å². The van der Waals surface area contributed by atoms with Gasteiger partial charge >= 0.3 is 0 Å². The van der Waals surface area contributed by atoms with Crippen LogP contribution in [0.1, 0.15) is 21.8 Å². The highest BCUT2D eigenvalue weighted by atomic mass is 19.1. The summed E-state index contributed by atoms with van der Waals surface area (Å²) in [6, 6.07) is 13.0. The molecule has 0 atom stereocenters. The Labute approximate surface area is 132 Å². The zero-order valence-corrected chi connectivity index (χ0v) is 12.4. The Morgan fingerprint density at radius 1 is 1.17 bits per heavy atom. The van der Waals surface area contributed by atoms with Crippen molar-refractivity contribution in [2.45, 2.75) is 13.5 Å². The Morgan fingerprint density at radius 2 is 1.96 bits per heavy atom. The van der Waals surface area contributed by atoms with E-state index in [2.05, 4.69) is 15.5 Å². The molecule has 23 heavy (non-hydrogen) atoms. The lowest BCUT2D eigenvalue weighted by Gasteiger charge is -2.02. The third-order valence-corrected chi connectivity index (χ3v) is 3.24. The number of halogens is 1. The quantitative estimate of drug-likeness (QED) is 0.804. The zero-order valence-electron chi connectivity index (χ0n) is 12.4. The van der Waals surface area contributed by atoms with Crippen molar-refractivity contribution in [3.63, 3.8) is 0 Å².